The Hall–Kier alpha value is -3.55. The summed E-state index contributed by atoms with van der Waals surface area (Å²) in [6.07, 6.45) is -0.108. The van der Waals surface area contributed by atoms with Crippen LogP contribution in [0.1, 0.15) is 65.1 Å². The van der Waals surface area contributed by atoms with Crippen molar-refractivity contribution in [3.63, 3.8) is 0 Å². The summed E-state index contributed by atoms with van der Waals surface area (Å²) in [5.74, 6) is -0.0976. The lowest BCUT2D eigenvalue weighted by Crippen LogP contribution is -2.55. The third-order valence-corrected chi connectivity index (χ3v) is 5.83. The average molecular weight is 498 g/mol. The molecular formula is C28H39N3O5. The Labute approximate surface area is 214 Å². The highest BCUT2D eigenvalue weighted by Gasteiger charge is 2.40. The van der Waals surface area contributed by atoms with Crippen molar-refractivity contribution in [3.05, 3.63) is 59.7 Å². The number of aryl methyl sites for hydroxylation is 1. The molecule has 2 aromatic rings. The van der Waals surface area contributed by atoms with E-state index in [1.807, 2.05) is 52.0 Å². The van der Waals surface area contributed by atoms with Gasteiger partial charge >= 0.3 is 6.09 Å². The average Bonchev–Trinajstić information content (AvgIpc) is 2.81. The van der Waals surface area contributed by atoms with Crippen molar-refractivity contribution in [2.75, 3.05) is 19.0 Å². The van der Waals surface area contributed by atoms with Crippen molar-refractivity contribution >= 4 is 23.6 Å². The lowest BCUT2D eigenvalue weighted by Gasteiger charge is -2.43. The molecule has 0 aliphatic carbocycles. The van der Waals surface area contributed by atoms with Gasteiger partial charge in [0.15, 0.2) is 0 Å². The van der Waals surface area contributed by atoms with Gasteiger partial charge in [0, 0.05) is 11.2 Å². The van der Waals surface area contributed by atoms with Crippen LogP contribution in [0, 0.1) is 6.92 Å². The van der Waals surface area contributed by atoms with Gasteiger partial charge in [-0.15, -0.1) is 0 Å². The smallest absolute Gasteiger partial charge is 0.408 e. The molecule has 1 atom stereocenters. The Morgan fingerprint density at radius 2 is 1.53 bits per heavy atom. The van der Waals surface area contributed by atoms with E-state index < -0.39 is 29.2 Å². The second-order valence-electron chi connectivity index (χ2n) is 10.3. The molecular weight excluding hydrogens is 458 g/mol. The van der Waals surface area contributed by atoms with Gasteiger partial charge < -0.3 is 25.0 Å². The number of nitrogens with zero attached hydrogens (tertiary/aromatic N) is 1. The van der Waals surface area contributed by atoms with E-state index in [-0.39, 0.29) is 12.5 Å². The molecule has 0 heterocycles. The lowest BCUT2D eigenvalue weighted by molar-refractivity contribution is -0.145. The van der Waals surface area contributed by atoms with E-state index in [0.717, 1.165) is 5.56 Å². The molecule has 3 amide bonds. The summed E-state index contributed by atoms with van der Waals surface area (Å²) in [7, 11) is 1.57. The molecule has 0 aliphatic heterocycles. The normalized spacial score (nSPS) is 12.3. The van der Waals surface area contributed by atoms with Crippen LogP contribution in [-0.4, -0.2) is 47.6 Å². The van der Waals surface area contributed by atoms with Crippen LogP contribution in [0.4, 0.5) is 10.5 Å². The Kier molecular flexibility index (Phi) is 9.50. The largest absolute Gasteiger partial charge is 0.497 e. The maximum Gasteiger partial charge on any atom is 0.408 e. The number of ether oxygens (including phenoxy) is 2. The number of benzene rings is 2. The Morgan fingerprint density at radius 1 is 0.944 bits per heavy atom. The van der Waals surface area contributed by atoms with Crippen molar-refractivity contribution in [3.8, 4) is 5.75 Å². The van der Waals surface area contributed by atoms with Gasteiger partial charge in [-0.2, -0.15) is 0 Å². The molecule has 196 valence electrons. The molecule has 0 aromatic heterocycles. The van der Waals surface area contributed by atoms with Gasteiger partial charge in [0.25, 0.3) is 5.91 Å². The van der Waals surface area contributed by atoms with Crippen LogP contribution in [0.2, 0.25) is 0 Å². The second-order valence-corrected chi connectivity index (χ2v) is 10.3. The highest BCUT2D eigenvalue weighted by Crippen LogP contribution is 2.32. The number of nitrogens with one attached hydrogen (secondary N) is 2. The van der Waals surface area contributed by atoms with Crippen LogP contribution >= 0.6 is 0 Å². The van der Waals surface area contributed by atoms with Gasteiger partial charge in [-0.1, -0.05) is 36.8 Å². The van der Waals surface area contributed by atoms with Crippen LogP contribution in [-0.2, 0) is 14.3 Å². The molecule has 0 saturated heterocycles. The first kappa shape index (κ1) is 28.7. The van der Waals surface area contributed by atoms with Crippen LogP contribution < -0.4 is 15.4 Å². The maximum atomic E-state index is 13.7. The summed E-state index contributed by atoms with van der Waals surface area (Å²) < 4.78 is 10.5. The van der Waals surface area contributed by atoms with Crippen molar-refractivity contribution in [1.82, 2.24) is 10.2 Å². The standard InChI is InChI=1S/C28H39N3O5/c1-9-28(6,7)31(23(32)18-29-26(34)36-27(3,4)5)24(20-12-10-19(2)11-13-20)25(33)30-21-14-16-22(35-8)17-15-21/h10-17,24H,9,18H2,1-8H3,(H,29,34)(H,30,33). The van der Waals surface area contributed by atoms with Crippen LogP contribution in [0.5, 0.6) is 5.75 Å². The van der Waals surface area contributed by atoms with Gasteiger partial charge in [-0.3, -0.25) is 9.59 Å². The molecule has 36 heavy (non-hydrogen) atoms. The van der Waals surface area contributed by atoms with Crippen LogP contribution in [0.3, 0.4) is 0 Å². The number of carbonyl (C=O) groups is 3. The molecule has 2 rings (SSSR count). The number of hydrogen-bond donors (Lipinski definition) is 2. The summed E-state index contributed by atoms with van der Waals surface area (Å²) in [6, 6.07) is 13.6. The number of methoxy groups -OCH3 is 1. The topological polar surface area (TPSA) is 97.0 Å². The number of alkyl carbamates (subject to hydrolysis) is 1. The molecule has 2 aromatic carbocycles. The third kappa shape index (κ3) is 8.00. The van der Waals surface area contributed by atoms with Crippen molar-refractivity contribution in [1.29, 1.82) is 0 Å². The molecule has 8 heteroatoms. The molecule has 2 N–H and O–H groups in total. The van der Waals surface area contributed by atoms with Crippen LogP contribution in [0.25, 0.3) is 0 Å². The van der Waals surface area contributed by atoms with E-state index in [1.165, 1.54) is 0 Å². The number of anilines is 1. The Bertz CT molecular complexity index is 1040. The number of carbonyl (C=O) groups excluding carboxylic acids is 3. The number of hydrogen-bond acceptors (Lipinski definition) is 5. The van der Waals surface area contributed by atoms with E-state index >= 15 is 0 Å². The van der Waals surface area contributed by atoms with Crippen LogP contribution in [0.15, 0.2) is 48.5 Å². The molecule has 0 radical (unpaired) electrons. The Balaban J connectivity index is 2.43. The zero-order chi connectivity index (χ0) is 27.1. The molecule has 8 nitrogen and oxygen atoms in total. The van der Waals surface area contributed by atoms with Crippen molar-refractivity contribution in [2.45, 2.75) is 72.1 Å². The van der Waals surface area contributed by atoms with E-state index in [0.29, 0.717) is 23.4 Å². The SMILES string of the molecule is CCC(C)(C)N(C(=O)CNC(=O)OC(C)(C)C)C(C(=O)Nc1ccc(OC)cc1)c1ccc(C)cc1. The zero-order valence-electron chi connectivity index (χ0n) is 22.6. The predicted octanol–water partition coefficient (Wildman–Crippen LogP) is 5.23. The monoisotopic (exact) mass is 497 g/mol. The highest BCUT2D eigenvalue weighted by atomic mass is 16.6. The quantitative estimate of drug-likeness (QED) is 0.495. The molecule has 0 spiro atoms. The first-order chi connectivity index (χ1) is 16.8. The van der Waals surface area contributed by atoms with E-state index in [9.17, 15) is 14.4 Å². The number of rotatable bonds is 9. The number of amides is 3. The molecule has 0 fully saturated rings. The van der Waals surface area contributed by atoms with Gasteiger partial charge in [0.1, 0.15) is 23.9 Å². The summed E-state index contributed by atoms with van der Waals surface area (Å²) >= 11 is 0. The Morgan fingerprint density at radius 3 is 2.03 bits per heavy atom. The van der Waals surface area contributed by atoms with Gasteiger partial charge in [-0.05, 0) is 77.8 Å². The zero-order valence-corrected chi connectivity index (χ0v) is 22.6. The van der Waals surface area contributed by atoms with E-state index in [4.69, 9.17) is 9.47 Å². The van der Waals surface area contributed by atoms with E-state index in [2.05, 4.69) is 10.6 Å². The first-order valence-corrected chi connectivity index (χ1v) is 12.1. The molecule has 1 unspecified atom stereocenters. The van der Waals surface area contributed by atoms with Crippen molar-refractivity contribution < 1.29 is 23.9 Å². The summed E-state index contributed by atoms with van der Waals surface area (Å²) in [6.45, 7) is 12.7. The lowest BCUT2D eigenvalue weighted by atomic mass is 9.92. The third-order valence-electron chi connectivity index (χ3n) is 5.83. The second kappa shape index (κ2) is 11.9. The fourth-order valence-electron chi connectivity index (χ4n) is 3.60. The fourth-order valence-corrected chi connectivity index (χ4v) is 3.60. The maximum absolute atomic E-state index is 13.7. The van der Waals surface area contributed by atoms with Crippen molar-refractivity contribution in [2.24, 2.45) is 0 Å². The fraction of sp³-hybridized carbons (Fsp3) is 0.464. The predicted molar refractivity (Wildman–Crippen MR) is 141 cm³/mol. The minimum atomic E-state index is -0.935. The van der Waals surface area contributed by atoms with E-state index in [1.54, 1.807) is 57.0 Å². The minimum Gasteiger partial charge on any atom is -0.497 e. The van der Waals surface area contributed by atoms with Gasteiger partial charge in [0.2, 0.25) is 5.91 Å². The summed E-state index contributed by atoms with van der Waals surface area (Å²) in [5, 5.41) is 5.47. The van der Waals surface area contributed by atoms with Gasteiger partial charge in [0.05, 0.1) is 7.11 Å². The highest BCUT2D eigenvalue weighted by molar-refractivity contribution is 5.98. The molecule has 0 saturated carbocycles. The first-order valence-electron chi connectivity index (χ1n) is 12.1. The minimum absolute atomic E-state index is 0.309. The molecule has 0 bridgehead atoms. The summed E-state index contributed by atoms with van der Waals surface area (Å²) in [5.41, 5.74) is 0.884. The summed E-state index contributed by atoms with van der Waals surface area (Å²) in [4.78, 5) is 41.1. The van der Waals surface area contributed by atoms with Gasteiger partial charge in [-0.25, -0.2) is 4.79 Å². The molecule has 0 aliphatic rings.